The van der Waals surface area contributed by atoms with Crippen LogP contribution < -0.4 is 0 Å². The van der Waals surface area contributed by atoms with Crippen molar-refractivity contribution in [1.29, 1.82) is 0 Å². The van der Waals surface area contributed by atoms with Gasteiger partial charge in [0, 0.05) is 45.1 Å². The van der Waals surface area contributed by atoms with Crippen molar-refractivity contribution >= 4 is 5.91 Å². The van der Waals surface area contributed by atoms with Gasteiger partial charge in [0.1, 0.15) is 0 Å². The Morgan fingerprint density at radius 3 is 2.83 bits per heavy atom. The number of carbonyl (C=O) groups is 1. The smallest absolute Gasteiger partial charge is 0.222 e. The standard InChI is InChI=1S/C15H20N2O/c1-16-14-7-8-17(11-13(14)9-15(16)18)10-12-5-3-2-4-6-12/h2-6,13-14H,7-11H2,1H3/t13-,14+/m0/s1. The third-order valence-electron chi connectivity index (χ3n) is 4.35. The second kappa shape index (κ2) is 4.73. The van der Waals surface area contributed by atoms with E-state index in [2.05, 4.69) is 35.2 Å². The molecule has 1 amide bonds. The topological polar surface area (TPSA) is 23.6 Å². The molecule has 2 fully saturated rings. The summed E-state index contributed by atoms with van der Waals surface area (Å²) in [6, 6.07) is 11.1. The first-order valence-corrected chi connectivity index (χ1v) is 6.76. The predicted octanol–water partition coefficient (Wildman–Crippen LogP) is 1.74. The van der Waals surface area contributed by atoms with E-state index in [1.807, 2.05) is 11.9 Å². The van der Waals surface area contributed by atoms with Gasteiger partial charge in [-0.2, -0.15) is 0 Å². The van der Waals surface area contributed by atoms with Crippen LogP contribution in [0.5, 0.6) is 0 Å². The van der Waals surface area contributed by atoms with Crippen molar-refractivity contribution in [3.05, 3.63) is 35.9 Å². The van der Waals surface area contributed by atoms with Gasteiger partial charge in [-0.05, 0) is 12.0 Å². The summed E-state index contributed by atoms with van der Waals surface area (Å²) in [7, 11) is 1.96. The van der Waals surface area contributed by atoms with Crippen molar-refractivity contribution in [2.75, 3.05) is 20.1 Å². The van der Waals surface area contributed by atoms with Gasteiger partial charge < -0.3 is 4.90 Å². The SMILES string of the molecule is CN1C(=O)C[C@H]2CN(Cc3ccccc3)CC[C@H]21. The molecule has 0 saturated carbocycles. The van der Waals surface area contributed by atoms with Crippen LogP contribution in [0.2, 0.25) is 0 Å². The molecule has 0 aromatic heterocycles. The highest BCUT2D eigenvalue weighted by atomic mass is 16.2. The summed E-state index contributed by atoms with van der Waals surface area (Å²) in [6.45, 7) is 3.19. The molecule has 18 heavy (non-hydrogen) atoms. The van der Waals surface area contributed by atoms with Crippen molar-refractivity contribution in [3.8, 4) is 0 Å². The molecular weight excluding hydrogens is 224 g/mol. The van der Waals surface area contributed by atoms with E-state index in [-0.39, 0.29) is 0 Å². The number of fused-ring (bicyclic) bond motifs is 1. The summed E-state index contributed by atoms with van der Waals surface area (Å²) in [4.78, 5) is 16.2. The Bertz CT molecular complexity index is 431. The number of amides is 1. The summed E-state index contributed by atoms with van der Waals surface area (Å²) >= 11 is 0. The van der Waals surface area contributed by atoms with Crippen molar-refractivity contribution in [2.45, 2.75) is 25.4 Å². The van der Waals surface area contributed by atoms with E-state index in [1.54, 1.807) is 0 Å². The first kappa shape index (κ1) is 11.7. The number of rotatable bonds is 2. The lowest BCUT2D eigenvalue weighted by Crippen LogP contribution is -2.44. The molecule has 2 aliphatic heterocycles. The maximum Gasteiger partial charge on any atom is 0.222 e. The summed E-state index contributed by atoms with van der Waals surface area (Å²) in [5, 5.41) is 0. The molecule has 2 atom stereocenters. The first-order valence-electron chi connectivity index (χ1n) is 6.76. The molecule has 2 aliphatic rings. The molecule has 0 bridgehead atoms. The number of carbonyl (C=O) groups excluding carboxylic acids is 1. The lowest BCUT2D eigenvalue weighted by molar-refractivity contribution is -0.127. The largest absolute Gasteiger partial charge is 0.342 e. The first-order chi connectivity index (χ1) is 8.74. The van der Waals surface area contributed by atoms with E-state index in [9.17, 15) is 4.79 Å². The minimum Gasteiger partial charge on any atom is -0.342 e. The van der Waals surface area contributed by atoms with E-state index in [0.717, 1.165) is 32.5 Å². The number of piperidine rings is 1. The molecule has 1 aromatic carbocycles. The molecular formula is C15H20N2O. The summed E-state index contributed by atoms with van der Waals surface area (Å²) in [5.74, 6) is 0.867. The third kappa shape index (κ3) is 2.15. The number of benzene rings is 1. The van der Waals surface area contributed by atoms with Gasteiger partial charge in [0.25, 0.3) is 0 Å². The average molecular weight is 244 g/mol. The maximum absolute atomic E-state index is 11.7. The molecule has 3 heteroatoms. The lowest BCUT2D eigenvalue weighted by Gasteiger charge is -2.36. The average Bonchev–Trinajstić information content (AvgIpc) is 2.66. The Kier molecular flexibility index (Phi) is 3.08. The van der Waals surface area contributed by atoms with Crippen LogP contribution >= 0.6 is 0 Å². The van der Waals surface area contributed by atoms with Crippen molar-refractivity contribution < 1.29 is 4.79 Å². The van der Waals surface area contributed by atoms with Crippen LogP contribution in [0.25, 0.3) is 0 Å². The molecule has 2 heterocycles. The van der Waals surface area contributed by atoms with Gasteiger partial charge in [-0.25, -0.2) is 0 Å². The van der Waals surface area contributed by atoms with Gasteiger partial charge in [-0.1, -0.05) is 30.3 Å². The highest BCUT2D eigenvalue weighted by molar-refractivity contribution is 5.79. The lowest BCUT2D eigenvalue weighted by atomic mass is 9.92. The minimum atomic E-state index is 0.326. The van der Waals surface area contributed by atoms with Crippen LogP contribution in [0.3, 0.4) is 0 Å². The van der Waals surface area contributed by atoms with E-state index in [0.29, 0.717) is 17.9 Å². The quantitative estimate of drug-likeness (QED) is 0.791. The second-order valence-electron chi connectivity index (χ2n) is 5.55. The van der Waals surface area contributed by atoms with Gasteiger partial charge >= 0.3 is 0 Å². The molecule has 0 aliphatic carbocycles. The fraction of sp³-hybridized carbons (Fsp3) is 0.533. The van der Waals surface area contributed by atoms with Gasteiger partial charge in [0.15, 0.2) is 0 Å². The van der Waals surface area contributed by atoms with Crippen LogP contribution in [0.1, 0.15) is 18.4 Å². The minimum absolute atomic E-state index is 0.326. The molecule has 0 spiro atoms. The van der Waals surface area contributed by atoms with Crippen LogP contribution in [0, 0.1) is 5.92 Å². The summed E-state index contributed by atoms with van der Waals surface area (Å²) in [5.41, 5.74) is 1.37. The Labute approximate surface area is 108 Å². The van der Waals surface area contributed by atoms with Gasteiger partial charge in [0.05, 0.1) is 0 Å². The fourth-order valence-corrected chi connectivity index (χ4v) is 3.34. The number of likely N-dealkylation sites (tertiary alicyclic amines) is 2. The molecule has 0 radical (unpaired) electrons. The van der Waals surface area contributed by atoms with Gasteiger partial charge in [0.2, 0.25) is 5.91 Å². The van der Waals surface area contributed by atoms with E-state index < -0.39 is 0 Å². The number of nitrogens with zero attached hydrogens (tertiary/aromatic N) is 2. The van der Waals surface area contributed by atoms with E-state index >= 15 is 0 Å². The molecule has 96 valence electrons. The van der Waals surface area contributed by atoms with Crippen LogP contribution in [-0.4, -0.2) is 41.9 Å². The normalized spacial score (nSPS) is 28.5. The number of hydrogen-bond acceptors (Lipinski definition) is 2. The third-order valence-corrected chi connectivity index (χ3v) is 4.35. The Hall–Kier alpha value is -1.35. The van der Waals surface area contributed by atoms with Crippen LogP contribution in [0.4, 0.5) is 0 Å². The van der Waals surface area contributed by atoms with Crippen molar-refractivity contribution in [1.82, 2.24) is 9.80 Å². The second-order valence-corrected chi connectivity index (χ2v) is 5.55. The zero-order chi connectivity index (χ0) is 12.5. The van der Waals surface area contributed by atoms with Crippen molar-refractivity contribution in [3.63, 3.8) is 0 Å². The monoisotopic (exact) mass is 244 g/mol. The zero-order valence-corrected chi connectivity index (χ0v) is 10.9. The molecule has 3 nitrogen and oxygen atoms in total. The molecule has 0 unspecified atom stereocenters. The fourth-order valence-electron chi connectivity index (χ4n) is 3.34. The summed E-state index contributed by atoms with van der Waals surface area (Å²) in [6.07, 6.45) is 1.87. The predicted molar refractivity (Wildman–Crippen MR) is 71.0 cm³/mol. The molecule has 0 N–H and O–H groups in total. The zero-order valence-electron chi connectivity index (χ0n) is 10.9. The van der Waals surface area contributed by atoms with Gasteiger partial charge in [-0.3, -0.25) is 9.69 Å². The Morgan fingerprint density at radius 1 is 1.28 bits per heavy atom. The molecule has 2 saturated heterocycles. The van der Waals surface area contributed by atoms with E-state index in [1.165, 1.54) is 5.56 Å². The Morgan fingerprint density at radius 2 is 2.06 bits per heavy atom. The van der Waals surface area contributed by atoms with Crippen LogP contribution in [0.15, 0.2) is 30.3 Å². The van der Waals surface area contributed by atoms with E-state index in [4.69, 9.17) is 0 Å². The Balaban J connectivity index is 1.63. The maximum atomic E-state index is 11.7. The summed E-state index contributed by atoms with van der Waals surface area (Å²) < 4.78 is 0. The van der Waals surface area contributed by atoms with Crippen molar-refractivity contribution in [2.24, 2.45) is 5.92 Å². The molecule has 3 rings (SSSR count). The number of hydrogen-bond donors (Lipinski definition) is 0. The van der Waals surface area contributed by atoms with Gasteiger partial charge in [-0.15, -0.1) is 0 Å². The van der Waals surface area contributed by atoms with Crippen LogP contribution in [-0.2, 0) is 11.3 Å². The molecule has 1 aromatic rings. The highest BCUT2D eigenvalue weighted by Crippen LogP contribution is 2.31. The highest BCUT2D eigenvalue weighted by Gasteiger charge is 2.40.